The van der Waals surface area contributed by atoms with Gasteiger partial charge in [-0.25, -0.2) is 0 Å². The van der Waals surface area contributed by atoms with E-state index in [1.807, 2.05) is 12.1 Å². The number of nitrogens with zero attached hydrogens (tertiary/aromatic N) is 1. The zero-order valence-corrected chi connectivity index (χ0v) is 10.8. The summed E-state index contributed by atoms with van der Waals surface area (Å²) in [7, 11) is 0. The molecule has 96 valence electrons. The number of carbonyl (C=O) groups is 1. The summed E-state index contributed by atoms with van der Waals surface area (Å²) in [6, 6.07) is 6.06. The third kappa shape index (κ3) is 1.85. The van der Waals surface area contributed by atoms with Gasteiger partial charge < -0.3 is 16.0 Å². The van der Waals surface area contributed by atoms with Gasteiger partial charge in [-0.2, -0.15) is 0 Å². The number of amides is 1. The average Bonchev–Trinajstić information content (AvgIpc) is 2.89. The van der Waals surface area contributed by atoms with Gasteiger partial charge in [0.25, 0.3) is 0 Å². The number of carbonyl (C=O) groups excluding carboxylic acids is 1. The molecule has 3 rings (SSSR count). The van der Waals surface area contributed by atoms with Crippen molar-refractivity contribution >= 4 is 23.2 Å². The molecule has 1 aromatic carbocycles. The highest BCUT2D eigenvalue weighted by molar-refractivity contribution is 6.34. The Morgan fingerprint density at radius 1 is 1.44 bits per heavy atom. The smallest absolute Gasteiger partial charge is 0.250 e. The molecule has 18 heavy (non-hydrogen) atoms. The number of rotatable bonds is 2. The lowest BCUT2D eigenvalue weighted by Gasteiger charge is -2.26. The maximum Gasteiger partial charge on any atom is 0.250 e. The van der Waals surface area contributed by atoms with Crippen molar-refractivity contribution in [2.75, 3.05) is 24.5 Å². The van der Waals surface area contributed by atoms with Gasteiger partial charge in [0.2, 0.25) is 5.91 Å². The summed E-state index contributed by atoms with van der Waals surface area (Å²) < 4.78 is 0. The molecule has 2 aliphatic rings. The summed E-state index contributed by atoms with van der Waals surface area (Å²) in [5.41, 5.74) is 6.73. The van der Waals surface area contributed by atoms with Crippen LogP contribution in [0.5, 0.6) is 0 Å². The molecule has 5 heteroatoms. The van der Waals surface area contributed by atoms with E-state index < -0.39 is 5.91 Å². The lowest BCUT2D eigenvalue weighted by atomic mass is 10.0. The predicted molar refractivity (Wildman–Crippen MR) is 72.1 cm³/mol. The van der Waals surface area contributed by atoms with Gasteiger partial charge in [0.1, 0.15) is 0 Å². The molecule has 0 saturated carbocycles. The average molecular weight is 266 g/mol. The van der Waals surface area contributed by atoms with Crippen molar-refractivity contribution in [1.82, 2.24) is 5.32 Å². The monoisotopic (exact) mass is 265 g/mol. The summed E-state index contributed by atoms with van der Waals surface area (Å²) in [4.78, 5) is 13.5. The van der Waals surface area contributed by atoms with Crippen LogP contribution in [-0.4, -0.2) is 31.6 Å². The minimum absolute atomic E-state index is 0.390. The van der Waals surface area contributed by atoms with E-state index in [2.05, 4.69) is 10.2 Å². The van der Waals surface area contributed by atoms with Crippen LogP contribution in [0.15, 0.2) is 18.2 Å². The third-order valence-electron chi connectivity index (χ3n) is 4.00. The van der Waals surface area contributed by atoms with E-state index >= 15 is 0 Å². The van der Waals surface area contributed by atoms with Crippen molar-refractivity contribution in [3.05, 3.63) is 28.8 Å². The zero-order valence-electron chi connectivity index (χ0n) is 10.0. The lowest BCUT2D eigenvalue weighted by Crippen LogP contribution is -2.34. The Labute approximate surface area is 111 Å². The van der Waals surface area contributed by atoms with E-state index in [9.17, 15) is 4.79 Å². The summed E-state index contributed by atoms with van der Waals surface area (Å²) >= 11 is 6.10. The fourth-order valence-electron chi connectivity index (χ4n) is 3.05. The highest BCUT2D eigenvalue weighted by Crippen LogP contribution is 2.33. The summed E-state index contributed by atoms with van der Waals surface area (Å²) in [5, 5.41) is 3.86. The van der Waals surface area contributed by atoms with Crippen LogP contribution in [0, 0.1) is 5.92 Å². The largest absolute Gasteiger partial charge is 0.367 e. The highest BCUT2D eigenvalue weighted by atomic mass is 35.5. The second-order valence-electron chi connectivity index (χ2n) is 5.00. The standard InChI is InChI=1S/C13H16ClN3O/c14-11-5-9(1-2-10(11)13(15)18)17-4-3-8-6-16-7-12(8)17/h1-2,5,8,12,16H,3-4,6-7H2,(H2,15,18)/t8-,12+/m0/s1. The zero-order chi connectivity index (χ0) is 12.7. The number of fused-ring (bicyclic) bond motifs is 1. The molecule has 1 amide bonds. The summed E-state index contributed by atoms with van der Waals surface area (Å²) in [5.74, 6) is 0.257. The van der Waals surface area contributed by atoms with Crippen molar-refractivity contribution < 1.29 is 4.79 Å². The normalized spacial score (nSPS) is 26.4. The number of anilines is 1. The minimum Gasteiger partial charge on any atom is -0.367 e. The van der Waals surface area contributed by atoms with Crippen LogP contribution in [0.3, 0.4) is 0 Å². The van der Waals surface area contributed by atoms with Gasteiger partial charge in [-0.05, 0) is 30.5 Å². The van der Waals surface area contributed by atoms with Gasteiger partial charge in [0, 0.05) is 31.4 Å². The van der Waals surface area contributed by atoms with Gasteiger partial charge in [0.05, 0.1) is 10.6 Å². The maximum absolute atomic E-state index is 11.2. The molecule has 1 aromatic rings. The van der Waals surface area contributed by atoms with E-state index in [0.29, 0.717) is 16.6 Å². The molecule has 0 bridgehead atoms. The Morgan fingerprint density at radius 2 is 2.28 bits per heavy atom. The minimum atomic E-state index is -0.478. The topological polar surface area (TPSA) is 58.4 Å². The summed E-state index contributed by atoms with van der Waals surface area (Å²) in [6.07, 6.45) is 1.22. The Morgan fingerprint density at radius 3 is 3.00 bits per heavy atom. The van der Waals surface area contributed by atoms with Crippen molar-refractivity contribution in [3.8, 4) is 0 Å². The molecule has 4 nitrogen and oxygen atoms in total. The number of nitrogens with one attached hydrogen (secondary N) is 1. The van der Waals surface area contributed by atoms with Crippen LogP contribution in [0.2, 0.25) is 5.02 Å². The number of halogens is 1. The molecule has 2 atom stereocenters. The quantitative estimate of drug-likeness (QED) is 0.846. The van der Waals surface area contributed by atoms with Gasteiger partial charge in [-0.15, -0.1) is 0 Å². The van der Waals surface area contributed by atoms with E-state index in [0.717, 1.165) is 31.2 Å². The van der Waals surface area contributed by atoms with Crippen molar-refractivity contribution in [2.24, 2.45) is 11.7 Å². The van der Waals surface area contributed by atoms with Crippen molar-refractivity contribution in [1.29, 1.82) is 0 Å². The molecule has 2 fully saturated rings. The Balaban J connectivity index is 1.89. The van der Waals surface area contributed by atoms with E-state index in [-0.39, 0.29) is 0 Å². The fraction of sp³-hybridized carbons (Fsp3) is 0.462. The molecular formula is C13H16ClN3O. The van der Waals surface area contributed by atoms with Crippen LogP contribution in [-0.2, 0) is 0 Å². The first-order valence-electron chi connectivity index (χ1n) is 6.23. The van der Waals surface area contributed by atoms with Crippen LogP contribution in [0.25, 0.3) is 0 Å². The Bertz CT molecular complexity index is 491. The van der Waals surface area contributed by atoms with Crippen molar-refractivity contribution in [3.63, 3.8) is 0 Å². The molecule has 3 N–H and O–H groups in total. The molecular weight excluding hydrogens is 250 g/mol. The maximum atomic E-state index is 11.2. The molecule has 0 aromatic heterocycles. The lowest BCUT2D eigenvalue weighted by molar-refractivity contribution is 0.100. The number of primary amides is 1. The Kier molecular flexibility index (Phi) is 2.92. The van der Waals surface area contributed by atoms with Crippen LogP contribution >= 0.6 is 11.6 Å². The van der Waals surface area contributed by atoms with Gasteiger partial charge in [-0.1, -0.05) is 11.6 Å². The number of hydrogen-bond acceptors (Lipinski definition) is 3. The van der Waals surface area contributed by atoms with Gasteiger partial charge in [0.15, 0.2) is 0 Å². The Hall–Kier alpha value is -1.26. The summed E-state index contributed by atoms with van der Waals surface area (Å²) in [6.45, 7) is 3.19. The predicted octanol–water partition coefficient (Wildman–Crippen LogP) is 1.24. The first kappa shape index (κ1) is 11.8. The molecule has 0 spiro atoms. The fourth-order valence-corrected chi connectivity index (χ4v) is 3.32. The highest BCUT2D eigenvalue weighted by Gasteiger charge is 2.37. The molecule has 0 radical (unpaired) electrons. The van der Waals surface area contributed by atoms with Crippen LogP contribution in [0.4, 0.5) is 5.69 Å². The molecule has 0 aliphatic carbocycles. The van der Waals surface area contributed by atoms with Crippen molar-refractivity contribution in [2.45, 2.75) is 12.5 Å². The first-order chi connectivity index (χ1) is 8.66. The molecule has 0 unspecified atom stereocenters. The number of benzene rings is 1. The van der Waals surface area contributed by atoms with Gasteiger partial charge >= 0.3 is 0 Å². The molecule has 2 saturated heterocycles. The second kappa shape index (κ2) is 4.44. The second-order valence-corrected chi connectivity index (χ2v) is 5.40. The van der Waals surface area contributed by atoms with E-state index in [1.54, 1.807) is 6.07 Å². The first-order valence-corrected chi connectivity index (χ1v) is 6.61. The number of hydrogen-bond donors (Lipinski definition) is 2. The molecule has 2 heterocycles. The van der Waals surface area contributed by atoms with Crippen LogP contribution in [0.1, 0.15) is 16.8 Å². The SMILES string of the molecule is NC(=O)c1ccc(N2CC[C@H]3CNC[C@H]32)cc1Cl. The third-order valence-corrected chi connectivity index (χ3v) is 4.31. The van der Waals surface area contributed by atoms with E-state index in [4.69, 9.17) is 17.3 Å². The van der Waals surface area contributed by atoms with Crippen LogP contribution < -0.4 is 16.0 Å². The van der Waals surface area contributed by atoms with Gasteiger partial charge in [-0.3, -0.25) is 4.79 Å². The number of nitrogens with two attached hydrogens (primary N) is 1. The molecule has 2 aliphatic heterocycles. The van der Waals surface area contributed by atoms with E-state index in [1.165, 1.54) is 6.42 Å².